The number of hydrogen-bond acceptors (Lipinski definition) is 4. The summed E-state index contributed by atoms with van der Waals surface area (Å²) in [5.74, 6) is 0.139. The predicted octanol–water partition coefficient (Wildman–Crippen LogP) is 4.84. The van der Waals surface area contributed by atoms with Gasteiger partial charge in [-0.05, 0) is 48.7 Å². The van der Waals surface area contributed by atoms with Crippen LogP contribution in [0.5, 0.6) is 11.5 Å². The van der Waals surface area contributed by atoms with E-state index in [1.54, 1.807) is 12.1 Å². The van der Waals surface area contributed by atoms with Gasteiger partial charge in [0.2, 0.25) is 5.91 Å². The van der Waals surface area contributed by atoms with Crippen LogP contribution in [0.2, 0.25) is 0 Å². The zero-order valence-corrected chi connectivity index (χ0v) is 18.8. The van der Waals surface area contributed by atoms with E-state index in [2.05, 4.69) is 17.1 Å². The third kappa shape index (κ3) is 7.67. The summed E-state index contributed by atoms with van der Waals surface area (Å²) >= 11 is 0. The Labute approximate surface area is 192 Å². The number of halogens is 3. The van der Waals surface area contributed by atoms with Crippen LogP contribution in [0.3, 0.4) is 0 Å². The average Bonchev–Trinajstić information content (AvgIpc) is 2.79. The second-order valence-corrected chi connectivity index (χ2v) is 8.64. The Balaban J connectivity index is 1.66. The molecule has 0 bridgehead atoms. The Morgan fingerprint density at radius 1 is 1.18 bits per heavy atom. The van der Waals surface area contributed by atoms with Gasteiger partial charge in [-0.25, -0.2) is 0 Å². The molecule has 2 atom stereocenters. The topological polar surface area (TPSA) is 61.8 Å². The lowest BCUT2D eigenvalue weighted by atomic mass is 9.88. The first-order chi connectivity index (χ1) is 15.7. The standard InChI is InChI=1S/C25H31F3N2O3/c1-2-3-11-29-24(32)20-12-19(15-30(16-20)14-18-7-9-22(31)10-8-18)17-33-23-6-4-5-21(13-23)25(26,27)28/h4-10,13,19-20,31H,2-3,11-12,14-17H2,1H3,(H,29,32)/t19-,20+/m0/s1. The van der Waals surface area contributed by atoms with E-state index < -0.39 is 11.7 Å². The second-order valence-electron chi connectivity index (χ2n) is 8.64. The Bertz CT molecular complexity index is 903. The number of ether oxygens (including phenoxy) is 1. The molecule has 1 aliphatic heterocycles. The van der Waals surface area contributed by atoms with Crippen molar-refractivity contribution in [2.75, 3.05) is 26.2 Å². The Kier molecular flexibility index (Phi) is 8.61. The Morgan fingerprint density at radius 3 is 2.64 bits per heavy atom. The van der Waals surface area contributed by atoms with Gasteiger partial charge in [0.1, 0.15) is 11.5 Å². The van der Waals surface area contributed by atoms with E-state index in [-0.39, 0.29) is 35.8 Å². The van der Waals surface area contributed by atoms with Crippen LogP contribution in [0.15, 0.2) is 48.5 Å². The molecule has 0 aliphatic carbocycles. The van der Waals surface area contributed by atoms with E-state index in [0.29, 0.717) is 32.6 Å². The Hall–Kier alpha value is -2.74. The Morgan fingerprint density at radius 2 is 1.94 bits per heavy atom. The summed E-state index contributed by atoms with van der Waals surface area (Å²) < 4.78 is 44.7. The first kappa shape index (κ1) is 24.9. The molecule has 0 unspecified atom stereocenters. The molecule has 0 radical (unpaired) electrons. The van der Waals surface area contributed by atoms with Crippen molar-refractivity contribution in [2.45, 2.75) is 38.9 Å². The maximum atomic E-state index is 13.0. The van der Waals surface area contributed by atoms with Crippen molar-refractivity contribution in [3.05, 3.63) is 59.7 Å². The van der Waals surface area contributed by atoms with Crippen molar-refractivity contribution < 1.29 is 27.8 Å². The summed E-state index contributed by atoms with van der Waals surface area (Å²) in [7, 11) is 0. The number of piperidine rings is 1. The zero-order valence-electron chi connectivity index (χ0n) is 18.8. The van der Waals surface area contributed by atoms with Crippen LogP contribution in [-0.2, 0) is 17.5 Å². The number of nitrogens with one attached hydrogen (secondary N) is 1. The number of unbranched alkanes of at least 4 members (excludes halogenated alkanes) is 1. The van der Waals surface area contributed by atoms with Crippen molar-refractivity contribution in [2.24, 2.45) is 11.8 Å². The third-order valence-corrected chi connectivity index (χ3v) is 5.80. The van der Waals surface area contributed by atoms with Crippen LogP contribution >= 0.6 is 0 Å². The van der Waals surface area contributed by atoms with Crippen LogP contribution < -0.4 is 10.1 Å². The highest BCUT2D eigenvalue weighted by Gasteiger charge is 2.33. The van der Waals surface area contributed by atoms with Gasteiger partial charge >= 0.3 is 6.18 Å². The number of aromatic hydroxyl groups is 1. The minimum atomic E-state index is -4.42. The highest BCUT2D eigenvalue weighted by Crippen LogP contribution is 2.32. The minimum absolute atomic E-state index is 0.00271. The van der Waals surface area contributed by atoms with E-state index in [9.17, 15) is 23.1 Å². The highest BCUT2D eigenvalue weighted by molar-refractivity contribution is 5.79. The molecule has 0 aromatic heterocycles. The molecule has 180 valence electrons. The smallest absolute Gasteiger partial charge is 0.416 e. The van der Waals surface area contributed by atoms with Crippen molar-refractivity contribution in [1.29, 1.82) is 0 Å². The first-order valence-electron chi connectivity index (χ1n) is 11.3. The second kappa shape index (κ2) is 11.4. The van der Waals surface area contributed by atoms with Gasteiger partial charge in [-0.1, -0.05) is 31.5 Å². The molecule has 1 aliphatic rings. The van der Waals surface area contributed by atoms with Gasteiger partial charge in [0.15, 0.2) is 0 Å². The number of carbonyl (C=O) groups excluding carboxylic acids is 1. The molecular formula is C25H31F3N2O3. The summed E-state index contributed by atoms with van der Waals surface area (Å²) in [6, 6.07) is 11.8. The number of nitrogens with zero attached hydrogens (tertiary/aromatic N) is 1. The number of phenolic OH excluding ortho intramolecular Hbond substituents is 1. The summed E-state index contributed by atoms with van der Waals surface area (Å²) in [6.45, 7) is 4.80. The summed E-state index contributed by atoms with van der Waals surface area (Å²) in [4.78, 5) is 14.9. The summed E-state index contributed by atoms with van der Waals surface area (Å²) in [6.07, 6.45) is -1.90. The van der Waals surface area contributed by atoms with Gasteiger partial charge in [-0.3, -0.25) is 9.69 Å². The molecule has 2 N–H and O–H groups in total. The SMILES string of the molecule is CCCCNC(=O)[C@@H]1C[C@H](COc2cccc(C(F)(F)F)c2)CN(Cc2ccc(O)cc2)C1. The van der Waals surface area contributed by atoms with E-state index in [1.165, 1.54) is 12.1 Å². The number of amides is 1. The van der Waals surface area contributed by atoms with Crippen LogP contribution in [0, 0.1) is 11.8 Å². The lowest BCUT2D eigenvalue weighted by molar-refractivity contribution is -0.137. The molecule has 8 heteroatoms. The largest absolute Gasteiger partial charge is 0.508 e. The lowest BCUT2D eigenvalue weighted by Crippen LogP contribution is -2.47. The molecule has 5 nitrogen and oxygen atoms in total. The minimum Gasteiger partial charge on any atom is -0.508 e. The predicted molar refractivity (Wildman–Crippen MR) is 120 cm³/mol. The van der Waals surface area contributed by atoms with Gasteiger partial charge in [0.05, 0.1) is 18.1 Å². The molecule has 1 heterocycles. The molecule has 1 amide bonds. The number of hydrogen-bond donors (Lipinski definition) is 2. The lowest BCUT2D eigenvalue weighted by Gasteiger charge is -2.37. The fraction of sp³-hybridized carbons (Fsp3) is 0.480. The van der Waals surface area contributed by atoms with Gasteiger partial charge < -0.3 is 15.2 Å². The molecule has 3 rings (SSSR count). The number of rotatable bonds is 9. The van der Waals surface area contributed by atoms with E-state index in [0.717, 1.165) is 30.5 Å². The molecule has 1 fully saturated rings. The fourth-order valence-electron chi connectivity index (χ4n) is 4.11. The maximum Gasteiger partial charge on any atom is 0.416 e. The molecular weight excluding hydrogens is 433 g/mol. The van der Waals surface area contributed by atoms with Crippen LogP contribution in [0.25, 0.3) is 0 Å². The first-order valence-corrected chi connectivity index (χ1v) is 11.3. The molecule has 1 saturated heterocycles. The summed E-state index contributed by atoms with van der Waals surface area (Å²) in [5, 5.41) is 12.5. The van der Waals surface area contributed by atoms with Crippen LogP contribution in [0.4, 0.5) is 13.2 Å². The average molecular weight is 465 g/mol. The van der Waals surface area contributed by atoms with Gasteiger partial charge in [-0.2, -0.15) is 13.2 Å². The number of phenols is 1. The third-order valence-electron chi connectivity index (χ3n) is 5.80. The van der Waals surface area contributed by atoms with E-state index in [1.807, 2.05) is 12.1 Å². The van der Waals surface area contributed by atoms with E-state index in [4.69, 9.17) is 4.74 Å². The number of carbonyl (C=O) groups is 1. The molecule has 0 saturated carbocycles. The maximum absolute atomic E-state index is 13.0. The van der Waals surface area contributed by atoms with Crippen LogP contribution in [0.1, 0.15) is 37.3 Å². The number of alkyl halides is 3. The van der Waals surface area contributed by atoms with Gasteiger partial charge in [-0.15, -0.1) is 0 Å². The van der Waals surface area contributed by atoms with Crippen molar-refractivity contribution in [1.82, 2.24) is 10.2 Å². The molecule has 33 heavy (non-hydrogen) atoms. The molecule has 2 aromatic carbocycles. The monoisotopic (exact) mass is 464 g/mol. The zero-order chi connectivity index (χ0) is 23.8. The van der Waals surface area contributed by atoms with Gasteiger partial charge in [0.25, 0.3) is 0 Å². The van der Waals surface area contributed by atoms with Crippen molar-refractivity contribution in [3.63, 3.8) is 0 Å². The van der Waals surface area contributed by atoms with Crippen molar-refractivity contribution in [3.8, 4) is 11.5 Å². The number of likely N-dealkylation sites (tertiary alicyclic amines) is 1. The van der Waals surface area contributed by atoms with Gasteiger partial charge in [0, 0.05) is 32.1 Å². The van der Waals surface area contributed by atoms with E-state index >= 15 is 0 Å². The molecule has 2 aromatic rings. The number of benzene rings is 2. The van der Waals surface area contributed by atoms with Crippen molar-refractivity contribution >= 4 is 5.91 Å². The van der Waals surface area contributed by atoms with Crippen LogP contribution in [-0.4, -0.2) is 42.2 Å². The highest BCUT2D eigenvalue weighted by atomic mass is 19.4. The quantitative estimate of drug-likeness (QED) is 0.521. The normalized spacial score (nSPS) is 19.3. The molecule has 0 spiro atoms. The summed E-state index contributed by atoms with van der Waals surface area (Å²) in [5.41, 5.74) is 0.267. The fourth-order valence-corrected chi connectivity index (χ4v) is 4.11.